The summed E-state index contributed by atoms with van der Waals surface area (Å²) in [4.78, 5) is 24.8. The molecule has 1 heterocycles. The Labute approximate surface area is 114 Å². The molecule has 0 aromatic heterocycles. The predicted molar refractivity (Wildman–Crippen MR) is 70.9 cm³/mol. The number of nitrogens with one attached hydrogen (secondary N) is 1. The van der Waals surface area contributed by atoms with Crippen LogP contribution >= 0.6 is 0 Å². The van der Waals surface area contributed by atoms with Crippen LogP contribution in [0.5, 0.6) is 0 Å². The van der Waals surface area contributed by atoms with Crippen molar-refractivity contribution in [1.82, 2.24) is 10.2 Å². The quantitative estimate of drug-likeness (QED) is 0.849. The van der Waals surface area contributed by atoms with E-state index in [-0.39, 0.29) is 18.1 Å². The van der Waals surface area contributed by atoms with E-state index in [4.69, 9.17) is 9.47 Å². The van der Waals surface area contributed by atoms with Crippen LogP contribution < -0.4 is 5.32 Å². The number of alkyl carbamates (subject to hydrolysis) is 1. The van der Waals surface area contributed by atoms with E-state index < -0.39 is 11.7 Å². The molecule has 1 fully saturated rings. The van der Waals surface area contributed by atoms with Gasteiger partial charge in [0.15, 0.2) is 0 Å². The molecule has 110 valence electrons. The highest BCUT2D eigenvalue weighted by atomic mass is 16.6. The number of cyclic esters (lactones) is 1. The number of hydrogen-bond donors (Lipinski definition) is 1. The van der Waals surface area contributed by atoms with Gasteiger partial charge < -0.3 is 19.7 Å². The van der Waals surface area contributed by atoms with Crippen molar-refractivity contribution in [2.45, 2.75) is 46.3 Å². The van der Waals surface area contributed by atoms with Crippen LogP contribution in [-0.2, 0) is 9.47 Å². The van der Waals surface area contributed by atoms with Crippen LogP contribution in [0.4, 0.5) is 9.59 Å². The number of hydrogen-bond acceptors (Lipinski definition) is 4. The highest BCUT2D eigenvalue weighted by Gasteiger charge is 2.28. The number of carbonyl (C=O) groups is 2. The van der Waals surface area contributed by atoms with Gasteiger partial charge in [-0.3, -0.25) is 0 Å². The summed E-state index contributed by atoms with van der Waals surface area (Å²) < 4.78 is 10.1. The Bertz CT molecular complexity index is 336. The van der Waals surface area contributed by atoms with Gasteiger partial charge in [-0.25, -0.2) is 9.59 Å². The largest absolute Gasteiger partial charge is 0.448 e. The van der Waals surface area contributed by atoms with Crippen molar-refractivity contribution in [3.63, 3.8) is 0 Å². The number of ether oxygens (including phenoxy) is 2. The smallest absolute Gasteiger partial charge is 0.410 e. The van der Waals surface area contributed by atoms with Crippen LogP contribution in [0.2, 0.25) is 0 Å². The molecule has 0 aromatic carbocycles. The first-order valence-electron chi connectivity index (χ1n) is 6.60. The van der Waals surface area contributed by atoms with Crippen molar-refractivity contribution in [2.75, 3.05) is 19.7 Å². The van der Waals surface area contributed by atoms with E-state index in [1.807, 2.05) is 34.6 Å². The van der Waals surface area contributed by atoms with Gasteiger partial charge in [0, 0.05) is 6.54 Å². The van der Waals surface area contributed by atoms with Crippen molar-refractivity contribution >= 4 is 12.2 Å². The highest BCUT2D eigenvalue weighted by molar-refractivity contribution is 5.70. The molecular formula is C13H24N2O4. The summed E-state index contributed by atoms with van der Waals surface area (Å²) >= 11 is 0. The molecule has 0 aliphatic carbocycles. The predicted octanol–water partition coefficient (Wildman–Crippen LogP) is 1.99. The Balaban J connectivity index is 2.53. The Kier molecular flexibility index (Phi) is 5.03. The molecule has 1 saturated heterocycles. The first kappa shape index (κ1) is 15.6. The second-order valence-corrected chi connectivity index (χ2v) is 6.06. The summed E-state index contributed by atoms with van der Waals surface area (Å²) in [6.07, 6.45) is -0.782. The fourth-order valence-corrected chi connectivity index (χ4v) is 1.71. The average Bonchev–Trinajstić information content (AvgIpc) is 2.60. The lowest BCUT2D eigenvalue weighted by Crippen LogP contribution is -2.48. The van der Waals surface area contributed by atoms with Crippen molar-refractivity contribution in [1.29, 1.82) is 0 Å². The Morgan fingerprint density at radius 1 is 1.47 bits per heavy atom. The normalized spacial score (nSPS) is 17.4. The number of nitrogens with zero attached hydrogens (tertiary/aromatic N) is 1. The molecule has 1 N–H and O–H groups in total. The Hall–Kier alpha value is -1.46. The van der Waals surface area contributed by atoms with Crippen LogP contribution in [0.3, 0.4) is 0 Å². The minimum atomic E-state index is -0.530. The zero-order valence-corrected chi connectivity index (χ0v) is 12.4. The molecule has 6 nitrogen and oxygen atoms in total. The molecule has 1 aliphatic heterocycles. The second kappa shape index (κ2) is 6.12. The molecule has 0 saturated carbocycles. The summed E-state index contributed by atoms with van der Waals surface area (Å²) in [7, 11) is 0. The van der Waals surface area contributed by atoms with Crippen LogP contribution in [0.15, 0.2) is 0 Å². The maximum Gasteiger partial charge on any atom is 0.410 e. The standard InChI is InChI=1S/C13H24N2O4/c1-9(2)10(8-15-6-7-18-12(15)17)14-11(16)19-13(3,4)5/h9-10H,6-8H2,1-5H3,(H,14,16)/t10-/m0/s1. The van der Waals surface area contributed by atoms with Crippen LogP contribution in [0, 0.1) is 5.92 Å². The minimum absolute atomic E-state index is 0.152. The molecule has 19 heavy (non-hydrogen) atoms. The summed E-state index contributed by atoms with van der Waals surface area (Å²) in [6.45, 7) is 10.8. The van der Waals surface area contributed by atoms with Gasteiger partial charge in [0.2, 0.25) is 0 Å². The van der Waals surface area contributed by atoms with Crippen molar-refractivity contribution < 1.29 is 19.1 Å². The van der Waals surface area contributed by atoms with Gasteiger partial charge in [0.25, 0.3) is 0 Å². The molecule has 6 heteroatoms. The third-order valence-corrected chi connectivity index (χ3v) is 2.77. The average molecular weight is 272 g/mol. The lowest BCUT2D eigenvalue weighted by Gasteiger charge is -2.28. The SMILES string of the molecule is CC(C)[C@H](CN1CCOC1=O)NC(=O)OC(C)(C)C. The summed E-state index contributed by atoms with van der Waals surface area (Å²) in [5.41, 5.74) is -0.530. The Morgan fingerprint density at radius 3 is 2.53 bits per heavy atom. The van der Waals surface area contributed by atoms with Gasteiger partial charge in [-0.15, -0.1) is 0 Å². The second-order valence-electron chi connectivity index (χ2n) is 6.06. The zero-order chi connectivity index (χ0) is 14.6. The zero-order valence-electron chi connectivity index (χ0n) is 12.4. The summed E-state index contributed by atoms with van der Waals surface area (Å²) in [5, 5.41) is 2.81. The summed E-state index contributed by atoms with van der Waals surface area (Å²) in [6, 6.07) is -0.152. The number of carbonyl (C=O) groups excluding carboxylic acids is 2. The van der Waals surface area contributed by atoms with Gasteiger partial charge >= 0.3 is 12.2 Å². The third-order valence-electron chi connectivity index (χ3n) is 2.77. The number of amides is 2. The number of rotatable bonds is 4. The summed E-state index contributed by atoms with van der Waals surface area (Å²) in [5.74, 6) is 0.195. The maximum absolute atomic E-state index is 11.8. The van der Waals surface area contributed by atoms with E-state index in [0.717, 1.165) is 0 Å². The van der Waals surface area contributed by atoms with Crippen LogP contribution in [0.25, 0.3) is 0 Å². The molecule has 1 atom stereocenters. The topological polar surface area (TPSA) is 67.9 Å². The van der Waals surface area contributed by atoms with E-state index in [2.05, 4.69) is 5.32 Å². The van der Waals surface area contributed by atoms with Gasteiger partial charge in [-0.05, 0) is 26.7 Å². The van der Waals surface area contributed by atoms with Gasteiger partial charge in [0.1, 0.15) is 12.2 Å². The fraction of sp³-hybridized carbons (Fsp3) is 0.846. The molecule has 2 amide bonds. The maximum atomic E-state index is 11.8. The molecule has 0 radical (unpaired) electrons. The molecule has 0 unspecified atom stereocenters. The minimum Gasteiger partial charge on any atom is -0.448 e. The fourth-order valence-electron chi connectivity index (χ4n) is 1.71. The molecule has 0 bridgehead atoms. The Morgan fingerprint density at radius 2 is 2.11 bits per heavy atom. The lowest BCUT2D eigenvalue weighted by molar-refractivity contribution is 0.0478. The van der Waals surface area contributed by atoms with E-state index >= 15 is 0 Å². The van der Waals surface area contributed by atoms with Crippen molar-refractivity contribution in [3.8, 4) is 0 Å². The van der Waals surface area contributed by atoms with Crippen molar-refractivity contribution in [3.05, 3.63) is 0 Å². The van der Waals surface area contributed by atoms with Crippen molar-refractivity contribution in [2.24, 2.45) is 5.92 Å². The first-order chi connectivity index (χ1) is 8.69. The highest BCUT2D eigenvalue weighted by Crippen LogP contribution is 2.11. The molecule has 0 spiro atoms. The molecule has 1 aliphatic rings. The van der Waals surface area contributed by atoms with E-state index in [1.165, 1.54) is 0 Å². The third kappa shape index (κ3) is 5.36. The van der Waals surface area contributed by atoms with Gasteiger partial charge in [0.05, 0.1) is 12.6 Å². The van der Waals surface area contributed by atoms with E-state index in [1.54, 1.807) is 4.90 Å². The molecular weight excluding hydrogens is 248 g/mol. The van der Waals surface area contributed by atoms with Gasteiger partial charge in [-0.1, -0.05) is 13.8 Å². The first-order valence-corrected chi connectivity index (χ1v) is 6.60. The van der Waals surface area contributed by atoms with Crippen LogP contribution in [-0.4, -0.2) is 48.4 Å². The van der Waals surface area contributed by atoms with Gasteiger partial charge in [-0.2, -0.15) is 0 Å². The monoisotopic (exact) mass is 272 g/mol. The molecule has 1 rings (SSSR count). The lowest BCUT2D eigenvalue weighted by atomic mass is 10.0. The van der Waals surface area contributed by atoms with Crippen LogP contribution in [0.1, 0.15) is 34.6 Å². The van der Waals surface area contributed by atoms with E-state index in [9.17, 15) is 9.59 Å². The molecule has 0 aromatic rings. The van der Waals surface area contributed by atoms with E-state index in [0.29, 0.717) is 19.7 Å².